The highest BCUT2D eigenvalue weighted by Crippen LogP contribution is 2.08. The second-order valence-electron chi connectivity index (χ2n) is 5.31. The van der Waals surface area contributed by atoms with Crippen molar-refractivity contribution in [3.05, 3.63) is 66.0 Å². The van der Waals surface area contributed by atoms with Crippen molar-refractivity contribution in [3.8, 4) is 0 Å². The first kappa shape index (κ1) is 16.2. The molecule has 0 saturated heterocycles. The van der Waals surface area contributed by atoms with E-state index in [1.54, 1.807) is 12.1 Å². The van der Waals surface area contributed by atoms with Crippen molar-refractivity contribution in [2.24, 2.45) is 0 Å². The molecule has 0 heterocycles. The summed E-state index contributed by atoms with van der Waals surface area (Å²) in [6, 6.07) is 16.2. The Morgan fingerprint density at radius 1 is 1.09 bits per heavy atom. The lowest BCUT2D eigenvalue weighted by atomic mass is 10.1. The average Bonchev–Trinajstić information content (AvgIpc) is 2.50. The number of hydrogen-bond acceptors (Lipinski definition) is 2. The fourth-order valence-electron chi connectivity index (χ4n) is 2.24. The molecule has 2 N–H and O–H groups in total. The summed E-state index contributed by atoms with van der Waals surface area (Å²) in [4.78, 5) is 11.9. The predicted octanol–water partition coefficient (Wildman–Crippen LogP) is 3.38. The second kappa shape index (κ2) is 8.29. The first-order valence-corrected chi connectivity index (χ1v) is 7.47. The van der Waals surface area contributed by atoms with Crippen molar-refractivity contribution in [2.75, 3.05) is 11.9 Å². The number of amides is 1. The SMILES string of the molecule is CC(CC(=O)Nc1ccccc1)NCCc1ccccc1F. The molecule has 1 unspecified atom stereocenters. The van der Waals surface area contributed by atoms with Crippen molar-refractivity contribution >= 4 is 11.6 Å². The summed E-state index contributed by atoms with van der Waals surface area (Å²) in [5.41, 5.74) is 1.49. The number of carbonyl (C=O) groups excluding carboxylic acids is 1. The molecular weight excluding hydrogens is 279 g/mol. The van der Waals surface area contributed by atoms with Crippen molar-refractivity contribution < 1.29 is 9.18 Å². The number of anilines is 1. The number of hydrogen-bond donors (Lipinski definition) is 2. The average molecular weight is 300 g/mol. The highest BCUT2D eigenvalue weighted by molar-refractivity contribution is 5.90. The van der Waals surface area contributed by atoms with Gasteiger partial charge in [-0.1, -0.05) is 36.4 Å². The van der Waals surface area contributed by atoms with Gasteiger partial charge in [0.15, 0.2) is 0 Å². The Morgan fingerprint density at radius 2 is 1.77 bits per heavy atom. The van der Waals surface area contributed by atoms with Gasteiger partial charge in [0.05, 0.1) is 0 Å². The largest absolute Gasteiger partial charge is 0.326 e. The lowest BCUT2D eigenvalue weighted by molar-refractivity contribution is -0.116. The number of carbonyl (C=O) groups is 1. The molecular formula is C18H21FN2O. The Labute approximate surface area is 130 Å². The number of benzene rings is 2. The van der Waals surface area contributed by atoms with Crippen LogP contribution in [0.3, 0.4) is 0 Å². The number of para-hydroxylation sites is 1. The predicted molar refractivity (Wildman–Crippen MR) is 87.3 cm³/mol. The summed E-state index contributed by atoms with van der Waals surface area (Å²) in [6.45, 7) is 2.59. The Morgan fingerprint density at radius 3 is 2.50 bits per heavy atom. The Bertz CT molecular complexity index is 601. The van der Waals surface area contributed by atoms with E-state index in [-0.39, 0.29) is 17.8 Å². The highest BCUT2D eigenvalue weighted by atomic mass is 19.1. The van der Waals surface area contributed by atoms with Gasteiger partial charge in [-0.25, -0.2) is 4.39 Å². The van der Waals surface area contributed by atoms with Crippen LogP contribution >= 0.6 is 0 Å². The lowest BCUT2D eigenvalue weighted by Gasteiger charge is -2.14. The van der Waals surface area contributed by atoms with Gasteiger partial charge < -0.3 is 10.6 Å². The molecule has 116 valence electrons. The van der Waals surface area contributed by atoms with Crippen LogP contribution in [0.15, 0.2) is 54.6 Å². The first-order chi connectivity index (χ1) is 10.6. The van der Waals surface area contributed by atoms with E-state index in [4.69, 9.17) is 0 Å². The molecule has 1 amide bonds. The van der Waals surface area contributed by atoms with E-state index in [0.717, 1.165) is 5.69 Å². The van der Waals surface area contributed by atoms with Crippen molar-refractivity contribution in [1.29, 1.82) is 0 Å². The molecule has 2 aromatic carbocycles. The van der Waals surface area contributed by atoms with Crippen LogP contribution in [0.1, 0.15) is 18.9 Å². The van der Waals surface area contributed by atoms with E-state index in [0.29, 0.717) is 24.9 Å². The van der Waals surface area contributed by atoms with Gasteiger partial charge in [-0.2, -0.15) is 0 Å². The summed E-state index contributed by atoms with van der Waals surface area (Å²) < 4.78 is 13.5. The Kier molecular flexibility index (Phi) is 6.10. The minimum Gasteiger partial charge on any atom is -0.326 e. The maximum absolute atomic E-state index is 13.5. The number of rotatable bonds is 7. The maximum atomic E-state index is 13.5. The van der Waals surface area contributed by atoms with Gasteiger partial charge in [0.2, 0.25) is 5.91 Å². The molecule has 2 aromatic rings. The van der Waals surface area contributed by atoms with Crippen LogP contribution in [0.25, 0.3) is 0 Å². The van der Waals surface area contributed by atoms with Crippen LogP contribution in [0.2, 0.25) is 0 Å². The normalized spacial score (nSPS) is 11.9. The molecule has 4 heteroatoms. The van der Waals surface area contributed by atoms with Crippen molar-refractivity contribution in [3.63, 3.8) is 0 Å². The van der Waals surface area contributed by atoms with Gasteiger partial charge in [0.1, 0.15) is 5.82 Å². The second-order valence-corrected chi connectivity index (χ2v) is 5.31. The van der Waals surface area contributed by atoms with E-state index < -0.39 is 0 Å². The van der Waals surface area contributed by atoms with Crippen LogP contribution in [0.5, 0.6) is 0 Å². The Hall–Kier alpha value is -2.20. The molecule has 0 aromatic heterocycles. The fourth-order valence-corrected chi connectivity index (χ4v) is 2.24. The molecule has 1 atom stereocenters. The molecule has 3 nitrogen and oxygen atoms in total. The zero-order valence-corrected chi connectivity index (χ0v) is 12.7. The molecule has 0 bridgehead atoms. The lowest BCUT2D eigenvalue weighted by Crippen LogP contribution is -2.32. The quantitative estimate of drug-likeness (QED) is 0.823. The topological polar surface area (TPSA) is 41.1 Å². The van der Waals surface area contributed by atoms with E-state index >= 15 is 0 Å². The van der Waals surface area contributed by atoms with Crippen LogP contribution in [0.4, 0.5) is 10.1 Å². The number of nitrogens with one attached hydrogen (secondary N) is 2. The van der Waals surface area contributed by atoms with E-state index in [1.807, 2.05) is 43.3 Å². The van der Waals surface area contributed by atoms with Crippen molar-refractivity contribution in [1.82, 2.24) is 5.32 Å². The monoisotopic (exact) mass is 300 g/mol. The fraction of sp³-hybridized carbons (Fsp3) is 0.278. The Balaban J connectivity index is 1.70. The van der Waals surface area contributed by atoms with Crippen molar-refractivity contribution in [2.45, 2.75) is 25.8 Å². The van der Waals surface area contributed by atoms with Gasteiger partial charge in [-0.15, -0.1) is 0 Å². The van der Waals surface area contributed by atoms with Gasteiger partial charge in [0, 0.05) is 18.2 Å². The molecule has 0 saturated carbocycles. The molecule has 0 spiro atoms. The van der Waals surface area contributed by atoms with E-state index in [2.05, 4.69) is 10.6 Å². The van der Waals surface area contributed by atoms with Crippen LogP contribution < -0.4 is 10.6 Å². The maximum Gasteiger partial charge on any atom is 0.225 e. The van der Waals surface area contributed by atoms with E-state index in [1.165, 1.54) is 6.07 Å². The van der Waals surface area contributed by atoms with Crippen LogP contribution in [-0.4, -0.2) is 18.5 Å². The molecule has 0 aliphatic rings. The summed E-state index contributed by atoms with van der Waals surface area (Å²) in [5.74, 6) is -0.212. The third-order valence-electron chi connectivity index (χ3n) is 3.39. The standard InChI is InChI=1S/C18H21FN2O/c1-14(13-18(22)21-16-8-3-2-4-9-16)20-12-11-15-7-5-6-10-17(15)19/h2-10,14,20H,11-13H2,1H3,(H,21,22). The van der Waals surface area contributed by atoms with Gasteiger partial charge in [-0.05, 0) is 43.7 Å². The summed E-state index contributed by atoms with van der Waals surface area (Å²) in [7, 11) is 0. The molecule has 22 heavy (non-hydrogen) atoms. The summed E-state index contributed by atoms with van der Waals surface area (Å²) >= 11 is 0. The summed E-state index contributed by atoms with van der Waals surface area (Å²) in [5, 5.41) is 6.10. The molecule has 0 aliphatic heterocycles. The van der Waals surface area contributed by atoms with Crippen LogP contribution in [0, 0.1) is 5.82 Å². The highest BCUT2D eigenvalue weighted by Gasteiger charge is 2.09. The van der Waals surface area contributed by atoms with Gasteiger partial charge >= 0.3 is 0 Å². The third kappa shape index (κ3) is 5.30. The zero-order chi connectivity index (χ0) is 15.8. The van der Waals surface area contributed by atoms with Crippen LogP contribution in [-0.2, 0) is 11.2 Å². The summed E-state index contributed by atoms with van der Waals surface area (Å²) in [6.07, 6.45) is 0.990. The smallest absolute Gasteiger partial charge is 0.225 e. The third-order valence-corrected chi connectivity index (χ3v) is 3.39. The van der Waals surface area contributed by atoms with E-state index in [9.17, 15) is 9.18 Å². The minimum absolute atomic E-state index is 0.0305. The molecule has 0 aliphatic carbocycles. The first-order valence-electron chi connectivity index (χ1n) is 7.47. The molecule has 2 rings (SSSR count). The number of halogens is 1. The zero-order valence-electron chi connectivity index (χ0n) is 12.7. The molecule has 0 radical (unpaired) electrons. The van der Waals surface area contributed by atoms with Gasteiger partial charge in [0.25, 0.3) is 0 Å². The van der Waals surface area contributed by atoms with Gasteiger partial charge in [-0.3, -0.25) is 4.79 Å². The minimum atomic E-state index is -0.182. The molecule has 0 fully saturated rings.